The number of amides is 1. The van der Waals surface area contributed by atoms with Gasteiger partial charge in [0.05, 0.1) is 0 Å². The number of carbonyl (C=O) groups is 1. The molecule has 2 nitrogen and oxygen atoms in total. The molecule has 2 saturated carbocycles. The molecule has 0 aromatic carbocycles. The quantitative estimate of drug-likeness (QED) is 0.744. The standard InChI is InChI=1S/C13H23NO/c1-12(2,3)11(15)14-13(8-9-13)10-6-4-5-7-10/h10H,4-9H2,1-3H3,(H,14,15). The van der Waals surface area contributed by atoms with E-state index in [2.05, 4.69) is 5.32 Å². The van der Waals surface area contributed by atoms with Crippen molar-refractivity contribution in [2.75, 3.05) is 0 Å². The van der Waals surface area contributed by atoms with Crippen LogP contribution in [-0.4, -0.2) is 11.4 Å². The first-order chi connectivity index (χ1) is 6.94. The number of hydrogen-bond donors (Lipinski definition) is 1. The molecule has 1 N–H and O–H groups in total. The zero-order valence-electron chi connectivity index (χ0n) is 10.2. The lowest BCUT2D eigenvalue weighted by Crippen LogP contribution is -2.46. The molecule has 86 valence electrons. The van der Waals surface area contributed by atoms with E-state index in [1.807, 2.05) is 20.8 Å². The van der Waals surface area contributed by atoms with Gasteiger partial charge in [0.2, 0.25) is 5.91 Å². The van der Waals surface area contributed by atoms with Crippen molar-refractivity contribution in [2.45, 2.75) is 64.8 Å². The number of rotatable bonds is 2. The van der Waals surface area contributed by atoms with Crippen molar-refractivity contribution in [3.63, 3.8) is 0 Å². The molecule has 0 saturated heterocycles. The fraction of sp³-hybridized carbons (Fsp3) is 0.923. The molecule has 2 rings (SSSR count). The molecule has 0 atom stereocenters. The van der Waals surface area contributed by atoms with E-state index in [1.165, 1.54) is 38.5 Å². The largest absolute Gasteiger partial charge is 0.350 e. The minimum Gasteiger partial charge on any atom is -0.350 e. The average molecular weight is 209 g/mol. The van der Waals surface area contributed by atoms with E-state index < -0.39 is 0 Å². The lowest BCUT2D eigenvalue weighted by atomic mass is 9.91. The molecule has 15 heavy (non-hydrogen) atoms. The average Bonchev–Trinajstić information content (AvgIpc) is 2.72. The highest BCUT2D eigenvalue weighted by atomic mass is 16.2. The molecule has 0 unspecified atom stereocenters. The molecule has 2 aliphatic carbocycles. The van der Waals surface area contributed by atoms with Gasteiger partial charge >= 0.3 is 0 Å². The molecular formula is C13H23NO. The molecule has 0 aromatic heterocycles. The smallest absolute Gasteiger partial charge is 0.225 e. The van der Waals surface area contributed by atoms with Gasteiger partial charge in [-0.25, -0.2) is 0 Å². The third-order valence-corrected chi connectivity index (χ3v) is 3.97. The van der Waals surface area contributed by atoms with Gasteiger partial charge in [-0.1, -0.05) is 33.6 Å². The summed E-state index contributed by atoms with van der Waals surface area (Å²) in [5, 5.41) is 3.31. The lowest BCUT2D eigenvalue weighted by molar-refractivity contribution is -0.130. The van der Waals surface area contributed by atoms with Crippen LogP contribution in [0.15, 0.2) is 0 Å². The summed E-state index contributed by atoms with van der Waals surface area (Å²) in [6.07, 6.45) is 7.78. The van der Waals surface area contributed by atoms with Gasteiger partial charge in [-0.2, -0.15) is 0 Å². The Kier molecular flexibility index (Phi) is 2.56. The summed E-state index contributed by atoms with van der Waals surface area (Å²) in [7, 11) is 0. The van der Waals surface area contributed by atoms with Gasteiger partial charge in [0, 0.05) is 11.0 Å². The Balaban J connectivity index is 1.96. The lowest BCUT2D eigenvalue weighted by Gasteiger charge is -2.28. The number of nitrogens with one attached hydrogen (secondary N) is 1. The predicted octanol–water partition coefficient (Wildman–Crippen LogP) is 2.87. The van der Waals surface area contributed by atoms with Crippen LogP contribution in [0.2, 0.25) is 0 Å². The highest BCUT2D eigenvalue weighted by molar-refractivity contribution is 5.82. The molecule has 0 radical (unpaired) electrons. The van der Waals surface area contributed by atoms with Crippen molar-refractivity contribution < 1.29 is 4.79 Å². The predicted molar refractivity (Wildman–Crippen MR) is 61.5 cm³/mol. The first-order valence-electron chi connectivity index (χ1n) is 6.27. The summed E-state index contributed by atoms with van der Waals surface area (Å²) in [5.41, 5.74) is -0.0327. The summed E-state index contributed by atoms with van der Waals surface area (Å²) in [6.45, 7) is 5.98. The van der Waals surface area contributed by atoms with Crippen molar-refractivity contribution in [3.05, 3.63) is 0 Å². The van der Waals surface area contributed by atoms with E-state index in [9.17, 15) is 4.79 Å². The topological polar surface area (TPSA) is 29.1 Å². The van der Waals surface area contributed by atoms with Gasteiger partial charge in [-0.3, -0.25) is 4.79 Å². The summed E-state index contributed by atoms with van der Waals surface area (Å²) < 4.78 is 0. The second-order valence-electron chi connectivity index (χ2n) is 6.34. The number of hydrogen-bond acceptors (Lipinski definition) is 1. The van der Waals surface area contributed by atoms with Gasteiger partial charge in [0.15, 0.2) is 0 Å². The molecule has 0 aromatic rings. The molecule has 1 amide bonds. The van der Waals surface area contributed by atoms with Gasteiger partial charge in [-0.15, -0.1) is 0 Å². The third kappa shape index (κ3) is 2.19. The second kappa shape index (κ2) is 3.50. The maximum Gasteiger partial charge on any atom is 0.225 e. The maximum absolute atomic E-state index is 12.0. The van der Waals surface area contributed by atoms with Crippen molar-refractivity contribution in [3.8, 4) is 0 Å². The first kappa shape index (κ1) is 11.0. The van der Waals surface area contributed by atoms with Crippen LogP contribution in [0.3, 0.4) is 0 Å². The zero-order valence-corrected chi connectivity index (χ0v) is 10.2. The maximum atomic E-state index is 12.0. The normalized spacial score (nSPS) is 25.3. The van der Waals surface area contributed by atoms with E-state index >= 15 is 0 Å². The minimum atomic E-state index is -0.242. The fourth-order valence-electron chi connectivity index (χ4n) is 2.66. The summed E-state index contributed by atoms with van der Waals surface area (Å²) in [5.74, 6) is 0.996. The van der Waals surface area contributed by atoms with Crippen LogP contribution in [0.1, 0.15) is 59.3 Å². The van der Waals surface area contributed by atoms with Gasteiger partial charge in [-0.05, 0) is 31.6 Å². The van der Waals surface area contributed by atoms with Crippen LogP contribution < -0.4 is 5.32 Å². The third-order valence-electron chi connectivity index (χ3n) is 3.97. The molecule has 0 spiro atoms. The molecule has 2 fully saturated rings. The van der Waals surface area contributed by atoms with Crippen LogP contribution >= 0.6 is 0 Å². The molecule has 0 aliphatic heterocycles. The van der Waals surface area contributed by atoms with E-state index in [4.69, 9.17) is 0 Å². The van der Waals surface area contributed by atoms with E-state index in [-0.39, 0.29) is 16.9 Å². The van der Waals surface area contributed by atoms with Crippen LogP contribution in [0, 0.1) is 11.3 Å². The van der Waals surface area contributed by atoms with Crippen LogP contribution in [0.5, 0.6) is 0 Å². The Morgan fingerprint density at radius 1 is 1.20 bits per heavy atom. The van der Waals surface area contributed by atoms with Crippen molar-refractivity contribution in [2.24, 2.45) is 11.3 Å². The number of carbonyl (C=O) groups excluding carboxylic acids is 1. The SMILES string of the molecule is CC(C)(C)C(=O)NC1(C2CCCC2)CC1. The van der Waals surface area contributed by atoms with Crippen molar-refractivity contribution in [1.29, 1.82) is 0 Å². The Morgan fingerprint density at radius 2 is 1.73 bits per heavy atom. The molecule has 0 bridgehead atoms. The first-order valence-corrected chi connectivity index (χ1v) is 6.27. The van der Waals surface area contributed by atoms with E-state index in [1.54, 1.807) is 0 Å². The summed E-state index contributed by atoms with van der Waals surface area (Å²) >= 11 is 0. The molecule has 2 heteroatoms. The van der Waals surface area contributed by atoms with Crippen LogP contribution in [-0.2, 0) is 4.79 Å². The Morgan fingerprint density at radius 3 is 2.13 bits per heavy atom. The van der Waals surface area contributed by atoms with Crippen molar-refractivity contribution in [1.82, 2.24) is 5.32 Å². The minimum absolute atomic E-state index is 0.209. The van der Waals surface area contributed by atoms with E-state index in [0.717, 1.165) is 5.92 Å². The molecule has 2 aliphatic rings. The fourth-order valence-corrected chi connectivity index (χ4v) is 2.66. The van der Waals surface area contributed by atoms with Crippen LogP contribution in [0.4, 0.5) is 0 Å². The van der Waals surface area contributed by atoms with Gasteiger partial charge in [0.25, 0.3) is 0 Å². The Hall–Kier alpha value is -0.530. The molecule has 0 heterocycles. The molecular weight excluding hydrogens is 186 g/mol. The summed E-state index contributed by atoms with van der Waals surface area (Å²) in [6, 6.07) is 0. The highest BCUT2D eigenvalue weighted by Gasteiger charge is 2.51. The monoisotopic (exact) mass is 209 g/mol. The zero-order chi connectivity index (χ0) is 11.1. The van der Waals surface area contributed by atoms with E-state index in [0.29, 0.717) is 0 Å². The highest BCUT2D eigenvalue weighted by Crippen LogP contribution is 2.49. The van der Waals surface area contributed by atoms with Gasteiger partial charge in [0.1, 0.15) is 0 Å². The Bertz CT molecular complexity index is 254. The second-order valence-corrected chi connectivity index (χ2v) is 6.34. The summed E-state index contributed by atoms with van der Waals surface area (Å²) in [4.78, 5) is 12.0. The van der Waals surface area contributed by atoms with Crippen molar-refractivity contribution >= 4 is 5.91 Å². The Labute approximate surface area is 92.8 Å². The van der Waals surface area contributed by atoms with Gasteiger partial charge < -0.3 is 5.32 Å². The van der Waals surface area contributed by atoms with Crippen LogP contribution in [0.25, 0.3) is 0 Å².